The number of aromatic nitrogens is 2. The lowest BCUT2D eigenvalue weighted by Gasteiger charge is -2.12. The van der Waals surface area contributed by atoms with Crippen LogP contribution in [0.3, 0.4) is 0 Å². The Kier molecular flexibility index (Phi) is 4.08. The molecule has 0 fully saturated rings. The molecule has 0 unspecified atom stereocenters. The highest BCUT2D eigenvalue weighted by Gasteiger charge is 2.12. The van der Waals surface area contributed by atoms with Gasteiger partial charge in [-0.1, -0.05) is 27.7 Å². The molecular weight excluding hydrogens is 256 g/mol. The normalized spacial score (nSPS) is 11.4. The zero-order valence-electron chi connectivity index (χ0n) is 9.62. The molecule has 0 saturated heterocycles. The second kappa shape index (κ2) is 4.92. The molecule has 84 valence electrons. The van der Waals surface area contributed by atoms with E-state index in [-0.39, 0.29) is 11.5 Å². The van der Waals surface area contributed by atoms with Crippen LogP contribution in [0.5, 0.6) is 0 Å². The molecule has 4 heteroatoms. The van der Waals surface area contributed by atoms with Gasteiger partial charge in [0.15, 0.2) is 0 Å². The van der Waals surface area contributed by atoms with Crippen LogP contribution < -0.4 is 5.56 Å². The van der Waals surface area contributed by atoms with Crippen LogP contribution in [0.1, 0.15) is 39.3 Å². The van der Waals surface area contributed by atoms with Crippen molar-refractivity contribution in [2.24, 2.45) is 5.92 Å². The lowest BCUT2D eigenvalue weighted by atomic mass is 10.1. The van der Waals surface area contributed by atoms with E-state index in [0.29, 0.717) is 16.9 Å². The van der Waals surface area contributed by atoms with Gasteiger partial charge in [-0.15, -0.1) is 0 Å². The van der Waals surface area contributed by atoms with Gasteiger partial charge in [-0.05, 0) is 27.8 Å². The summed E-state index contributed by atoms with van der Waals surface area (Å²) in [6.45, 7) is 8.93. The van der Waals surface area contributed by atoms with Gasteiger partial charge >= 0.3 is 0 Å². The SMILES string of the molecule is CC(C)Cn1cnc(C(C)C)c(Br)c1=O. The van der Waals surface area contributed by atoms with Crippen LogP contribution in [0.2, 0.25) is 0 Å². The molecule has 0 aromatic carbocycles. The quantitative estimate of drug-likeness (QED) is 0.848. The largest absolute Gasteiger partial charge is 0.298 e. The molecule has 0 spiro atoms. The summed E-state index contributed by atoms with van der Waals surface area (Å²) in [4.78, 5) is 16.2. The Morgan fingerprint density at radius 1 is 1.40 bits per heavy atom. The van der Waals surface area contributed by atoms with Gasteiger partial charge in [-0.25, -0.2) is 4.98 Å². The summed E-state index contributed by atoms with van der Waals surface area (Å²) in [6.07, 6.45) is 1.64. The third-order valence-corrected chi connectivity index (χ3v) is 2.86. The van der Waals surface area contributed by atoms with Crippen LogP contribution in [0.15, 0.2) is 15.6 Å². The molecule has 0 N–H and O–H groups in total. The Morgan fingerprint density at radius 3 is 2.47 bits per heavy atom. The first-order valence-corrected chi connectivity index (χ1v) is 5.97. The smallest absolute Gasteiger partial charge is 0.267 e. The Labute approximate surface area is 98.7 Å². The van der Waals surface area contributed by atoms with Gasteiger partial charge in [0.25, 0.3) is 5.56 Å². The second-order valence-electron chi connectivity index (χ2n) is 4.45. The Morgan fingerprint density at radius 2 is 2.00 bits per heavy atom. The molecule has 0 aliphatic rings. The summed E-state index contributed by atoms with van der Waals surface area (Å²) in [5, 5.41) is 0. The fraction of sp³-hybridized carbons (Fsp3) is 0.636. The first-order chi connectivity index (χ1) is 6.93. The maximum atomic E-state index is 11.9. The van der Waals surface area contributed by atoms with Gasteiger partial charge in [0.1, 0.15) is 4.47 Å². The number of halogens is 1. The predicted octanol–water partition coefficient (Wildman–Crippen LogP) is 2.79. The Bertz CT molecular complexity index is 396. The van der Waals surface area contributed by atoms with Crippen molar-refractivity contribution in [3.8, 4) is 0 Å². The minimum atomic E-state index is 0.0161. The zero-order valence-corrected chi connectivity index (χ0v) is 11.2. The van der Waals surface area contributed by atoms with Crippen molar-refractivity contribution in [2.45, 2.75) is 40.2 Å². The molecule has 0 saturated carbocycles. The van der Waals surface area contributed by atoms with E-state index in [1.54, 1.807) is 10.9 Å². The monoisotopic (exact) mass is 272 g/mol. The third-order valence-electron chi connectivity index (χ3n) is 2.12. The van der Waals surface area contributed by atoms with E-state index in [9.17, 15) is 4.79 Å². The van der Waals surface area contributed by atoms with Gasteiger partial charge < -0.3 is 0 Å². The highest BCUT2D eigenvalue weighted by molar-refractivity contribution is 9.10. The van der Waals surface area contributed by atoms with Gasteiger partial charge in [-0.3, -0.25) is 9.36 Å². The Balaban J connectivity index is 3.16. The first-order valence-electron chi connectivity index (χ1n) is 5.18. The molecule has 0 bridgehead atoms. The average Bonchev–Trinajstić information content (AvgIpc) is 2.12. The summed E-state index contributed by atoms with van der Waals surface area (Å²) in [5.74, 6) is 0.710. The standard InChI is InChI=1S/C11H17BrN2O/c1-7(2)5-14-6-13-10(8(3)4)9(12)11(14)15/h6-8H,5H2,1-4H3. The number of rotatable bonds is 3. The molecule has 0 radical (unpaired) electrons. The van der Waals surface area contributed by atoms with Crippen molar-refractivity contribution in [1.82, 2.24) is 9.55 Å². The second-order valence-corrected chi connectivity index (χ2v) is 5.24. The van der Waals surface area contributed by atoms with Gasteiger partial charge in [0, 0.05) is 6.54 Å². The average molecular weight is 273 g/mol. The van der Waals surface area contributed by atoms with Crippen molar-refractivity contribution in [3.05, 3.63) is 26.8 Å². The molecular formula is C11H17BrN2O. The molecule has 0 atom stereocenters. The molecule has 1 rings (SSSR count). The van der Waals surface area contributed by atoms with Crippen LogP contribution in [0.4, 0.5) is 0 Å². The first kappa shape index (κ1) is 12.4. The van der Waals surface area contributed by atoms with Crippen LogP contribution in [-0.4, -0.2) is 9.55 Å². The van der Waals surface area contributed by atoms with E-state index in [4.69, 9.17) is 0 Å². The maximum Gasteiger partial charge on any atom is 0.267 e. The minimum absolute atomic E-state index is 0.0161. The van der Waals surface area contributed by atoms with Crippen LogP contribution in [0, 0.1) is 5.92 Å². The van der Waals surface area contributed by atoms with E-state index in [1.807, 2.05) is 13.8 Å². The van der Waals surface area contributed by atoms with E-state index in [2.05, 4.69) is 34.8 Å². The fourth-order valence-corrected chi connectivity index (χ4v) is 2.19. The molecule has 0 aliphatic carbocycles. The minimum Gasteiger partial charge on any atom is -0.298 e. The lowest BCUT2D eigenvalue weighted by Crippen LogP contribution is -2.25. The van der Waals surface area contributed by atoms with Crippen molar-refractivity contribution in [2.75, 3.05) is 0 Å². The van der Waals surface area contributed by atoms with Gasteiger partial charge in [0.2, 0.25) is 0 Å². The highest BCUT2D eigenvalue weighted by Crippen LogP contribution is 2.18. The summed E-state index contributed by atoms with van der Waals surface area (Å²) in [7, 11) is 0. The van der Waals surface area contributed by atoms with Gasteiger partial charge in [-0.2, -0.15) is 0 Å². The number of hydrogen-bond donors (Lipinski definition) is 0. The zero-order chi connectivity index (χ0) is 11.6. The highest BCUT2D eigenvalue weighted by atomic mass is 79.9. The lowest BCUT2D eigenvalue weighted by molar-refractivity contribution is 0.501. The van der Waals surface area contributed by atoms with Crippen molar-refractivity contribution in [3.63, 3.8) is 0 Å². The summed E-state index contributed by atoms with van der Waals surface area (Å²) in [6, 6.07) is 0. The molecule has 1 aromatic rings. The molecule has 1 heterocycles. The topological polar surface area (TPSA) is 34.9 Å². The molecule has 0 amide bonds. The Hall–Kier alpha value is -0.640. The van der Waals surface area contributed by atoms with E-state index < -0.39 is 0 Å². The molecule has 0 aliphatic heterocycles. The molecule has 3 nitrogen and oxygen atoms in total. The van der Waals surface area contributed by atoms with Crippen LogP contribution >= 0.6 is 15.9 Å². The maximum absolute atomic E-state index is 11.9. The summed E-state index contributed by atoms with van der Waals surface area (Å²) < 4.78 is 2.25. The van der Waals surface area contributed by atoms with Crippen molar-refractivity contribution >= 4 is 15.9 Å². The van der Waals surface area contributed by atoms with Crippen LogP contribution in [0.25, 0.3) is 0 Å². The number of hydrogen-bond acceptors (Lipinski definition) is 2. The predicted molar refractivity (Wildman–Crippen MR) is 65.1 cm³/mol. The van der Waals surface area contributed by atoms with Crippen LogP contribution in [-0.2, 0) is 6.54 Å². The van der Waals surface area contributed by atoms with E-state index >= 15 is 0 Å². The summed E-state index contributed by atoms with van der Waals surface area (Å²) >= 11 is 3.33. The number of nitrogens with zero attached hydrogens (tertiary/aromatic N) is 2. The fourth-order valence-electron chi connectivity index (χ4n) is 1.40. The summed E-state index contributed by atoms with van der Waals surface area (Å²) in [5.41, 5.74) is 0.849. The van der Waals surface area contributed by atoms with Crippen molar-refractivity contribution in [1.29, 1.82) is 0 Å². The van der Waals surface area contributed by atoms with E-state index in [0.717, 1.165) is 5.69 Å². The molecule has 1 aromatic heterocycles. The van der Waals surface area contributed by atoms with E-state index in [1.165, 1.54) is 0 Å². The van der Waals surface area contributed by atoms with Crippen molar-refractivity contribution < 1.29 is 0 Å². The molecule has 15 heavy (non-hydrogen) atoms. The van der Waals surface area contributed by atoms with Gasteiger partial charge in [0.05, 0.1) is 12.0 Å². The third kappa shape index (κ3) is 2.91.